The van der Waals surface area contributed by atoms with E-state index in [1.54, 1.807) is 22.9 Å². The predicted molar refractivity (Wildman–Crippen MR) is 125 cm³/mol. The van der Waals surface area contributed by atoms with Gasteiger partial charge in [0.2, 0.25) is 5.91 Å². The van der Waals surface area contributed by atoms with Gasteiger partial charge in [0.1, 0.15) is 5.03 Å². The van der Waals surface area contributed by atoms with Gasteiger partial charge in [0, 0.05) is 30.7 Å². The smallest absolute Gasteiger partial charge is 0.326 e. The van der Waals surface area contributed by atoms with Crippen LogP contribution in [0.25, 0.3) is 0 Å². The summed E-state index contributed by atoms with van der Waals surface area (Å²) in [7, 11) is 0. The van der Waals surface area contributed by atoms with Gasteiger partial charge in [0.05, 0.1) is 12.1 Å². The van der Waals surface area contributed by atoms with E-state index in [0.29, 0.717) is 25.2 Å². The molecule has 0 saturated heterocycles. The fourth-order valence-electron chi connectivity index (χ4n) is 3.40. The highest BCUT2D eigenvalue weighted by Gasteiger charge is 2.23. The number of carbonyl (C=O) groups is 2. The number of benzene rings is 2. The lowest BCUT2D eigenvalue weighted by Gasteiger charge is -2.28. The minimum Gasteiger partial charge on any atom is -0.355 e. The molecule has 6 nitrogen and oxygen atoms in total. The molecule has 0 saturated carbocycles. The van der Waals surface area contributed by atoms with Crippen molar-refractivity contribution in [1.29, 1.82) is 0 Å². The molecule has 0 radical (unpaired) electrons. The first-order valence-electron chi connectivity index (χ1n) is 10.2. The molecule has 158 valence electrons. The quantitative estimate of drug-likeness (QED) is 0.614. The number of nitrogens with one attached hydrogen (secondary N) is 2. The molecule has 1 aliphatic heterocycles. The number of hydrogen-bond acceptors (Lipinski definition) is 4. The second-order valence-electron chi connectivity index (χ2n) is 7.22. The Balaban J connectivity index is 1.27. The summed E-state index contributed by atoms with van der Waals surface area (Å²) in [6.45, 7) is 1.25. The van der Waals surface area contributed by atoms with Crippen LogP contribution in [0.5, 0.6) is 0 Å². The van der Waals surface area contributed by atoms with E-state index in [2.05, 4.69) is 27.8 Å². The lowest BCUT2D eigenvalue weighted by atomic mass is 10.1. The number of pyridine rings is 1. The number of nitrogens with zero attached hydrogens (tertiary/aromatic N) is 2. The van der Waals surface area contributed by atoms with Crippen LogP contribution in [0.2, 0.25) is 0 Å². The number of fused-ring (bicyclic) bond motifs is 1. The van der Waals surface area contributed by atoms with Gasteiger partial charge in [0.15, 0.2) is 0 Å². The Labute approximate surface area is 186 Å². The average Bonchev–Trinajstić information content (AvgIpc) is 2.80. The number of hydrogen-bond donors (Lipinski definition) is 2. The van der Waals surface area contributed by atoms with Crippen LogP contribution in [-0.2, 0) is 17.6 Å². The van der Waals surface area contributed by atoms with Crippen molar-refractivity contribution < 1.29 is 9.59 Å². The number of rotatable bonds is 6. The maximum atomic E-state index is 12.7. The average molecular weight is 433 g/mol. The molecule has 2 N–H and O–H groups in total. The monoisotopic (exact) mass is 432 g/mol. The zero-order valence-corrected chi connectivity index (χ0v) is 17.9. The first-order valence-corrected chi connectivity index (χ1v) is 11.2. The highest BCUT2D eigenvalue weighted by atomic mass is 32.2. The standard InChI is InChI=1S/C24H24N4O2S/c29-22(25-14-12-18-5-2-1-3-6-18)17-19-8-10-20(11-9-19)27-24(30)28-15-16-31-23-21(28)7-4-13-26-23/h1-11,13H,12,14-17H2,(H,25,29)(H,27,30). The van der Waals surface area contributed by atoms with Crippen LogP contribution in [0.4, 0.5) is 16.2 Å². The normalized spacial score (nSPS) is 12.7. The van der Waals surface area contributed by atoms with Crippen molar-refractivity contribution in [2.24, 2.45) is 0 Å². The minimum atomic E-state index is -0.180. The topological polar surface area (TPSA) is 74.3 Å². The Morgan fingerprint density at radius 2 is 1.77 bits per heavy atom. The third-order valence-corrected chi connectivity index (χ3v) is 5.96. The van der Waals surface area contributed by atoms with Crippen LogP contribution >= 0.6 is 11.8 Å². The van der Waals surface area contributed by atoms with Crippen LogP contribution in [0.1, 0.15) is 11.1 Å². The van der Waals surface area contributed by atoms with Crippen LogP contribution in [0, 0.1) is 0 Å². The number of anilines is 2. The Morgan fingerprint density at radius 3 is 2.58 bits per heavy atom. The van der Waals surface area contributed by atoms with E-state index < -0.39 is 0 Å². The second kappa shape index (κ2) is 10.1. The molecule has 0 spiro atoms. The van der Waals surface area contributed by atoms with Crippen molar-refractivity contribution in [2.75, 3.05) is 29.1 Å². The van der Waals surface area contributed by atoms with Gasteiger partial charge >= 0.3 is 6.03 Å². The zero-order valence-electron chi connectivity index (χ0n) is 17.1. The highest BCUT2D eigenvalue weighted by molar-refractivity contribution is 7.99. The van der Waals surface area contributed by atoms with E-state index in [0.717, 1.165) is 28.5 Å². The molecule has 0 bridgehead atoms. The summed E-state index contributed by atoms with van der Waals surface area (Å²) in [6.07, 6.45) is 2.86. The first-order chi connectivity index (χ1) is 15.2. The number of carbonyl (C=O) groups excluding carboxylic acids is 2. The lowest BCUT2D eigenvalue weighted by Crippen LogP contribution is -2.38. The van der Waals surface area contributed by atoms with Gasteiger partial charge in [-0.1, -0.05) is 42.5 Å². The molecule has 4 rings (SSSR count). The molecule has 2 aromatic carbocycles. The molecule has 0 aliphatic carbocycles. The van der Waals surface area contributed by atoms with Gasteiger partial charge in [0.25, 0.3) is 0 Å². The molecule has 3 aromatic rings. The third-order valence-electron chi connectivity index (χ3n) is 4.99. The molecule has 0 fully saturated rings. The molecule has 0 unspecified atom stereocenters. The van der Waals surface area contributed by atoms with Crippen molar-refractivity contribution in [2.45, 2.75) is 17.9 Å². The number of amides is 3. The summed E-state index contributed by atoms with van der Waals surface area (Å²) in [5.74, 6) is 0.804. The van der Waals surface area contributed by atoms with Crippen LogP contribution < -0.4 is 15.5 Å². The molecular formula is C24H24N4O2S. The van der Waals surface area contributed by atoms with Crippen LogP contribution in [0.3, 0.4) is 0 Å². The maximum absolute atomic E-state index is 12.7. The molecule has 31 heavy (non-hydrogen) atoms. The van der Waals surface area contributed by atoms with E-state index in [4.69, 9.17) is 0 Å². The minimum absolute atomic E-state index is 0.0114. The Bertz CT molecular complexity index is 1040. The predicted octanol–water partition coefficient (Wildman–Crippen LogP) is 4.13. The zero-order chi connectivity index (χ0) is 21.5. The van der Waals surface area contributed by atoms with Crippen LogP contribution in [-0.4, -0.2) is 35.8 Å². The summed E-state index contributed by atoms with van der Waals surface area (Å²) >= 11 is 1.66. The van der Waals surface area contributed by atoms with Gasteiger partial charge in [-0.2, -0.15) is 0 Å². The van der Waals surface area contributed by atoms with Crippen molar-refractivity contribution in [3.63, 3.8) is 0 Å². The van der Waals surface area contributed by atoms with Crippen molar-refractivity contribution in [3.05, 3.63) is 84.1 Å². The number of urea groups is 1. The molecule has 0 atom stereocenters. The second-order valence-corrected chi connectivity index (χ2v) is 8.30. The molecule has 1 aliphatic rings. The first kappa shape index (κ1) is 20.9. The van der Waals surface area contributed by atoms with Gasteiger partial charge in [-0.15, -0.1) is 11.8 Å². The summed E-state index contributed by atoms with van der Waals surface area (Å²) < 4.78 is 0. The van der Waals surface area contributed by atoms with E-state index in [1.807, 2.05) is 54.6 Å². The van der Waals surface area contributed by atoms with Gasteiger partial charge in [-0.05, 0) is 41.8 Å². The highest BCUT2D eigenvalue weighted by Crippen LogP contribution is 2.32. The van der Waals surface area contributed by atoms with E-state index in [9.17, 15) is 9.59 Å². The van der Waals surface area contributed by atoms with E-state index >= 15 is 0 Å². The summed E-state index contributed by atoms with van der Waals surface area (Å²) in [4.78, 5) is 31.0. The Hall–Kier alpha value is -3.32. The van der Waals surface area contributed by atoms with E-state index in [-0.39, 0.29) is 11.9 Å². The van der Waals surface area contributed by atoms with Gasteiger partial charge < -0.3 is 10.6 Å². The van der Waals surface area contributed by atoms with Crippen molar-refractivity contribution in [1.82, 2.24) is 10.3 Å². The SMILES string of the molecule is O=C(Cc1ccc(NC(=O)N2CCSc3ncccc32)cc1)NCCc1ccccc1. The third kappa shape index (κ3) is 5.64. The summed E-state index contributed by atoms with van der Waals surface area (Å²) in [5, 5.41) is 6.76. The molecular weight excluding hydrogens is 408 g/mol. The molecule has 7 heteroatoms. The molecule has 1 aromatic heterocycles. The Morgan fingerprint density at radius 1 is 0.968 bits per heavy atom. The number of thioether (sulfide) groups is 1. The lowest BCUT2D eigenvalue weighted by molar-refractivity contribution is -0.120. The maximum Gasteiger partial charge on any atom is 0.326 e. The van der Waals surface area contributed by atoms with Crippen molar-refractivity contribution in [3.8, 4) is 0 Å². The van der Waals surface area contributed by atoms with E-state index in [1.165, 1.54) is 5.56 Å². The number of aromatic nitrogens is 1. The van der Waals surface area contributed by atoms with Gasteiger partial charge in [-0.3, -0.25) is 9.69 Å². The van der Waals surface area contributed by atoms with Gasteiger partial charge in [-0.25, -0.2) is 9.78 Å². The fraction of sp³-hybridized carbons (Fsp3) is 0.208. The largest absolute Gasteiger partial charge is 0.355 e. The van der Waals surface area contributed by atoms with Crippen molar-refractivity contribution >= 4 is 35.1 Å². The van der Waals surface area contributed by atoms with Crippen LogP contribution in [0.15, 0.2) is 78.0 Å². The summed E-state index contributed by atoms with van der Waals surface area (Å²) in [5.41, 5.74) is 3.63. The molecule has 3 amide bonds. The molecule has 2 heterocycles. The Kier molecular flexibility index (Phi) is 6.84. The fourth-order valence-corrected chi connectivity index (χ4v) is 4.33. The summed E-state index contributed by atoms with van der Waals surface area (Å²) in [6, 6.07) is 21.0.